The lowest BCUT2D eigenvalue weighted by atomic mass is 9.89. The molecule has 5 rings (SSSR count). The average molecular weight is 399 g/mol. The Labute approximate surface area is 176 Å². The van der Waals surface area contributed by atoms with Gasteiger partial charge in [-0.2, -0.15) is 0 Å². The number of likely N-dealkylation sites (tertiary alicyclic amines) is 1. The summed E-state index contributed by atoms with van der Waals surface area (Å²) in [6.07, 6.45) is 4.22. The van der Waals surface area contributed by atoms with Crippen LogP contribution < -0.4 is 0 Å². The average Bonchev–Trinajstić information content (AvgIpc) is 3.12. The van der Waals surface area contributed by atoms with E-state index in [-0.39, 0.29) is 0 Å². The zero-order valence-electron chi connectivity index (χ0n) is 17.5. The van der Waals surface area contributed by atoms with Gasteiger partial charge in [0.15, 0.2) is 0 Å². The zero-order valence-corrected chi connectivity index (χ0v) is 17.5. The number of aryl methyl sites for hydroxylation is 2. The van der Waals surface area contributed by atoms with Gasteiger partial charge in [0.1, 0.15) is 5.76 Å². The van der Waals surface area contributed by atoms with Crippen LogP contribution in [0.5, 0.6) is 0 Å². The molecule has 0 aliphatic carbocycles. The van der Waals surface area contributed by atoms with Gasteiger partial charge < -0.3 is 4.52 Å². The molecule has 0 spiro atoms. The smallest absolute Gasteiger partial charge is 0.143 e. The van der Waals surface area contributed by atoms with Crippen LogP contribution in [0.15, 0.2) is 59.3 Å². The SMILES string of the molecule is Cc1noc(C)c1-c1cc(C2CCN(Cc3ccc4ccccc4n3)CC2)ccn1. The minimum Gasteiger partial charge on any atom is -0.361 e. The van der Waals surface area contributed by atoms with Crippen molar-refractivity contribution in [3.05, 3.63) is 77.4 Å². The fourth-order valence-electron chi connectivity index (χ4n) is 4.54. The third kappa shape index (κ3) is 3.73. The van der Waals surface area contributed by atoms with E-state index in [2.05, 4.69) is 63.6 Å². The molecule has 0 saturated carbocycles. The van der Waals surface area contributed by atoms with Crippen molar-refractivity contribution in [1.82, 2.24) is 20.0 Å². The molecule has 4 aromatic rings. The minimum absolute atomic E-state index is 0.563. The van der Waals surface area contributed by atoms with Crippen molar-refractivity contribution in [3.8, 4) is 11.3 Å². The summed E-state index contributed by atoms with van der Waals surface area (Å²) in [5, 5.41) is 5.28. The van der Waals surface area contributed by atoms with Crippen molar-refractivity contribution in [2.75, 3.05) is 13.1 Å². The van der Waals surface area contributed by atoms with E-state index in [0.717, 1.165) is 66.4 Å². The van der Waals surface area contributed by atoms with Crippen LogP contribution in [0.2, 0.25) is 0 Å². The van der Waals surface area contributed by atoms with Crippen LogP contribution in [0.25, 0.3) is 22.2 Å². The Kier molecular flexibility index (Phi) is 5.05. The van der Waals surface area contributed by atoms with E-state index in [4.69, 9.17) is 9.51 Å². The molecule has 1 saturated heterocycles. The van der Waals surface area contributed by atoms with Crippen molar-refractivity contribution >= 4 is 10.9 Å². The standard InChI is InChI=1S/C25H26N4O/c1-17-25(18(2)30-28-17)24-15-21(9-12-26-24)19-10-13-29(14-11-19)16-22-8-7-20-5-3-4-6-23(20)27-22/h3-9,12,15,19H,10-11,13-14,16H2,1-2H3. The Hall–Kier alpha value is -3.05. The number of nitrogens with zero attached hydrogens (tertiary/aromatic N) is 4. The fraction of sp³-hybridized carbons (Fsp3) is 0.320. The van der Waals surface area contributed by atoms with Crippen LogP contribution in [-0.2, 0) is 6.54 Å². The molecule has 0 atom stereocenters. The van der Waals surface area contributed by atoms with Crippen molar-refractivity contribution in [1.29, 1.82) is 0 Å². The third-order valence-corrected chi connectivity index (χ3v) is 6.17. The number of fused-ring (bicyclic) bond motifs is 1. The molecule has 152 valence electrons. The summed E-state index contributed by atoms with van der Waals surface area (Å²) >= 11 is 0. The van der Waals surface area contributed by atoms with E-state index in [1.807, 2.05) is 20.0 Å². The van der Waals surface area contributed by atoms with Gasteiger partial charge in [0, 0.05) is 18.1 Å². The van der Waals surface area contributed by atoms with Gasteiger partial charge in [-0.3, -0.25) is 14.9 Å². The first kappa shape index (κ1) is 18.9. The molecule has 4 heterocycles. The summed E-state index contributed by atoms with van der Waals surface area (Å²) in [7, 11) is 0. The molecule has 0 unspecified atom stereocenters. The number of pyridine rings is 2. The van der Waals surface area contributed by atoms with Crippen LogP contribution in [0.4, 0.5) is 0 Å². The van der Waals surface area contributed by atoms with Crippen molar-refractivity contribution in [2.24, 2.45) is 0 Å². The molecule has 0 radical (unpaired) electrons. The van der Waals surface area contributed by atoms with Gasteiger partial charge in [-0.15, -0.1) is 0 Å². The van der Waals surface area contributed by atoms with Crippen LogP contribution in [-0.4, -0.2) is 33.1 Å². The van der Waals surface area contributed by atoms with Crippen LogP contribution >= 0.6 is 0 Å². The van der Waals surface area contributed by atoms with E-state index in [1.165, 1.54) is 10.9 Å². The molecule has 1 aromatic carbocycles. The first-order valence-corrected chi connectivity index (χ1v) is 10.6. The second kappa shape index (κ2) is 8.00. The van der Waals surface area contributed by atoms with Gasteiger partial charge in [-0.25, -0.2) is 0 Å². The minimum atomic E-state index is 0.563. The lowest BCUT2D eigenvalue weighted by molar-refractivity contribution is 0.203. The van der Waals surface area contributed by atoms with E-state index in [0.29, 0.717) is 5.92 Å². The van der Waals surface area contributed by atoms with E-state index in [9.17, 15) is 0 Å². The van der Waals surface area contributed by atoms with Gasteiger partial charge >= 0.3 is 0 Å². The highest BCUT2D eigenvalue weighted by Gasteiger charge is 2.22. The molecular formula is C25H26N4O. The molecule has 3 aromatic heterocycles. The molecule has 1 fully saturated rings. The maximum Gasteiger partial charge on any atom is 0.143 e. The lowest BCUT2D eigenvalue weighted by Crippen LogP contribution is -2.32. The predicted octanol–water partition coefficient (Wildman–Crippen LogP) is 5.28. The van der Waals surface area contributed by atoms with Gasteiger partial charge in [0.25, 0.3) is 0 Å². The first-order valence-electron chi connectivity index (χ1n) is 10.6. The highest BCUT2D eigenvalue weighted by atomic mass is 16.5. The second-order valence-corrected chi connectivity index (χ2v) is 8.22. The Morgan fingerprint density at radius 3 is 2.67 bits per heavy atom. The molecule has 30 heavy (non-hydrogen) atoms. The normalized spacial score (nSPS) is 15.7. The number of para-hydroxylation sites is 1. The molecule has 0 bridgehead atoms. The Balaban J connectivity index is 1.26. The Morgan fingerprint density at radius 2 is 1.87 bits per heavy atom. The Morgan fingerprint density at radius 1 is 1.03 bits per heavy atom. The number of hydrogen-bond acceptors (Lipinski definition) is 5. The predicted molar refractivity (Wildman–Crippen MR) is 118 cm³/mol. The highest BCUT2D eigenvalue weighted by Crippen LogP contribution is 2.32. The highest BCUT2D eigenvalue weighted by molar-refractivity contribution is 5.78. The quantitative estimate of drug-likeness (QED) is 0.468. The van der Waals surface area contributed by atoms with Crippen LogP contribution in [0, 0.1) is 13.8 Å². The third-order valence-electron chi connectivity index (χ3n) is 6.17. The van der Waals surface area contributed by atoms with Crippen LogP contribution in [0.3, 0.4) is 0 Å². The number of hydrogen-bond donors (Lipinski definition) is 0. The van der Waals surface area contributed by atoms with Crippen molar-refractivity contribution in [2.45, 2.75) is 39.2 Å². The molecule has 1 aliphatic heterocycles. The van der Waals surface area contributed by atoms with Gasteiger partial charge in [0.2, 0.25) is 0 Å². The van der Waals surface area contributed by atoms with E-state index >= 15 is 0 Å². The Bertz CT molecular complexity index is 1160. The number of piperidine rings is 1. The summed E-state index contributed by atoms with van der Waals surface area (Å²) in [5.74, 6) is 1.39. The molecule has 0 N–H and O–H groups in total. The largest absolute Gasteiger partial charge is 0.361 e. The van der Waals surface area contributed by atoms with Crippen molar-refractivity contribution in [3.63, 3.8) is 0 Å². The van der Waals surface area contributed by atoms with Gasteiger partial charge in [0.05, 0.1) is 28.2 Å². The lowest BCUT2D eigenvalue weighted by Gasteiger charge is -2.32. The number of aromatic nitrogens is 3. The molecular weight excluding hydrogens is 372 g/mol. The maximum atomic E-state index is 5.33. The summed E-state index contributed by atoms with van der Waals surface area (Å²) in [6, 6.07) is 17.0. The fourth-order valence-corrected chi connectivity index (χ4v) is 4.54. The van der Waals surface area contributed by atoms with Gasteiger partial charge in [-0.1, -0.05) is 29.4 Å². The zero-order chi connectivity index (χ0) is 20.5. The maximum absolute atomic E-state index is 5.33. The topological polar surface area (TPSA) is 55.1 Å². The summed E-state index contributed by atoms with van der Waals surface area (Å²) in [4.78, 5) is 11.9. The number of benzene rings is 1. The summed E-state index contributed by atoms with van der Waals surface area (Å²) in [6.45, 7) is 7.00. The molecule has 5 heteroatoms. The summed E-state index contributed by atoms with van der Waals surface area (Å²) in [5.41, 5.74) is 6.48. The summed E-state index contributed by atoms with van der Waals surface area (Å²) < 4.78 is 5.33. The van der Waals surface area contributed by atoms with Crippen molar-refractivity contribution < 1.29 is 4.52 Å². The molecule has 0 amide bonds. The van der Waals surface area contributed by atoms with E-state index in [1.54, 1.807) is 0 Å². The van der Waals surface area contributed by atoms with Gasteiger partial charge in [-0.05, 0) is 75.5 Å². The first-order chi connectivity index (χ1) is 14.7. The molecule has 1 aliphatic rings. The monoisotopic (exact) mass is 398 g/mol. The number of rotatable bonds is 4. The second-order valence-electron chi connectivity index (χ2n) is 8.22. The van der Waals surface area contributed by atoms with Crippen LogP contribution in [0.1, 0.15) is 41.5 Å². The van der Waals surface area contributed by atoms with E-state index < -0.39 is 0 Å². The molecule has 5 nitrogen and oxygen atoms in total.